The third kappa shape index (κ3) is 6.39. The van der Waals surface area contributed by atoms with Gasteiger partial charge in [-0.2, -0.15) is 0 Å². The third-order valence-electron chi connectivity index (χ3n) is 5.72. The molecule has 0 bridgehead atoms. The maximum atomic E-state index is 12.3. The van der Waals surface area contributed by atoms with Crippen molar-refractivity contribution in [3.63, 3.8) is 0 Å². The van der Waals surface area contributed by atoms with Gasteiger partial charge >= 0.3 is 0 Å². The Balaban J connectivity index is 1.29. The van der Waals surface area contributed by atoms with E-state index in [1.807, 2.05) is 18.2 Å². The van der Waals surface area contributed by atoms with E-state index in [2.05, 4.69) is 47.1 Å². The highest BCUT2D eigenvalue weighted by molar-refractivity contribution is 6.30. The van der Waals surface area contributed by atoms with Crippen LogP contribution in [0.1, 0.15) is 41.0 Å². The van der Waals surface area contributed by atoms with Crippen LogP contribution in [0.2, 0.25) is 5.02 Å². The highest BCUT2D eigenvalue weighted by Gasteiger charge is 2.11. The largest absolute Gasteiger partial charge is 0.494 e. The number of imidazole rings is 1. The number of hydrogen-bond acceptors (Lipinski definition) is 3. The second kappa shape index (κ2) is 11.7. The average molecular weight is 476 g/mol. The Hall–Kier alpha value is -3.31. The first-order valence-corrected chi connectivity index (χ1v) is 12.2. The summed E-state index contributed by atoms with van der Waals surface area (Å²) in [5.74, 6) is 1.87. The first kappa shape index (κ1) is 23.8. The Morgan fingerprint density at radius 2 is 1.85 bits per heavy atom. The topological polar surface area (TPSA) is 56.1 Å². The molecule has 0 radical (unpaired) electrons. The zero-order valence-electron chi connectivity index (χ0n) is 19.5. The number of ether oxygens (including phenoxy) is 1. The molecule has 0 saturated heterocycles. The summed E-state index contributed by atoms with van der Waals surface area (Å²) in [5.41, 5.74) is 3.94. The fraction of sp³-hybridized carbons (Fsp3) is 0.286. The van der Waals surface area contributed by atoms with Gasteiger partial charge in [0, 0.05) is 30.1 Å². The number of aryl methyl sites for hydroxylation is 3. The van der Waals surface area contributed by atoms with Gasteiger partial charge in [0.1, 0.15) is 11.6 Å². The first-order chi connectivity index (χ1) is 16.6. The molecule has 0 aliphatic carbocycles. The van der Waals surface area contributed by atoms with Crippen molar-refractivity contribution in [1.29, 1.82) is 0 Å². The molecule has 0 unspecified atom stereocenters. The second-order valence-electron chi connectivity index (χ2n) is 8.41. The van der Waals surface area contributed by atoms with Crippen LogP contribution < -0.4 is 10.1 Å². The standard InChI is InChI=1S/C28H30ClN3O2/c1-21-9-6-12-24(19-21)34-18-5-4-17-32-26-14-3-2-13-25(26)31-27(32)15-8-16-30-28(33)22-10-7-11-23(29)20-22/h2-3,6-7,9-14,19-20H,4-5,8,15-18H2,1H3,(H,30,33). The monoisotopic (exact) mass is 475 g/mol. The van der Waals surface area contributed by atoms with E-state index in [-0.39, 0.29) is 5.91 Å². The number of carbonyl (C=O) groups excluding carboxylic acids is 1. The SMILES string of the molecule is Cc1cccc(OCCCCn2c(CCCNC(=O)c3cccc(Cl)c3)nc3ccccc32)c1. The molecule has 0 spiro atoms. The number of rotatable bonds is 11. The van der Waals surface area contributed by atoms with E-state index < -0.39 is 0 Å². The summed E-state index contributed by atoms with van der Waals surface area (Å²) in [6.07, 6.45) is 3.58. The molecule has 0 aliphatic heterocycles. The van der Waals surface area contributed by atoms with E-state index in [0.717, 1.165) is 54.8 Å². The summed E-state index contributed by atoms with van der Waals surface area (Å²) >= 11 is 5.99. The minimum atomic E-state index is -0.107. The zero-order valence-corrected chi connectivity index (χ0v) is 20.2. The Bertz CT molecular complexity index is 1250. The first-order valence-electron chi connectivity index (χ1n) is 11.8. The van der Waals surface area contributed by atoms with Gasteiger partial charge in [-0.05, 0) is 74.2 Å². The van der Waals surface area contributed by atoms with Crippen molar-refractivity contribution in [1.82, 2.24) is 14.9 Å². The molecule has 34 heavy (non-hydrogen) atoms. The number of benzene rings is 3. The maximum absolute atomic E-state index is 12.3. The van der Waals surface area contributed by atoms with E-state index in [1.165, 1.54) is 5.56 Å². The van der Waals surface area contributed by atoms with Crippen molar-refractivity contribution in [2.75, 3.05) is 13.2 Å². The molecule has 0 fully saturated rings. The summed E-state index contributed by atoms with van der Waals surface area (Å²) in [7, 11) is 0. The Labute approximate surface area is 205 Å². The van der Waals surface area contributed by atoms with Crippen LogP contribution in [-0.4, -0.2) is 28.6 Å². The Kier molecular flexibility index (Phi) is 8.21. The summed E-state index contributed by atoms with van der Waals surface area (Å²) < 4.78 is 8.20. The van der Waals surface area contributed by atoms with Crippen LogP contribution in [0.3, 0.4) is 0 Å². The maximum Gasteiger partial charge on any atom is 0.251 e. The molecular weight excluding hydrogens is 446 g/mol. The summed E-state index contributed by atoms with van der Waals surface area (Å²) in [6.45, 7) is 4.24. The fourth-order valence-corrected chi connectivity index (χ4v) is 4.20. The van der Waals surface area contributed by atoms with Crippen molar-refractivity contribution in [2.45, 2.75) is 39.2 Å². The lowest BCUT2D eigenvalue weighted by Crippen LogP contribution is -2.25. The van der Waals surface area contributed by atoms with Crippen LogP contribution in [0.4, 0.5) is 0 Å². The molecule has 4 aromatic rings. The summed E-state index contributed by atoms with van der Waals surface area (Å²) in [4.78, 5) is 17.2. The van der Waals surface area contributed by atoms with Crippen LogP contribution in [0, 0.1) is 6.92 Å². The highest BCUT2D eigenvalue weighted by atomic mass is 35.5. The lowest BCUT2D eigenvalue weighted by atomic mass is 10.2. The number of para-hydroxylation sites is 2. The van der Waals surface area contributed by atoms with Crippen molar-refractivity contribution in [3.05, 3.63) is 94.8 Å². The molecule has 1 aromatic heterocycles. The van der Waals surface area contributed by atoms with Gasteiger partial charge in [0.25, 0.3) is 5.91 Å². The quantitative estimate of drug-likeness (QED) is 0.262. The van der Waals surface area contributed by atoms with E-state index in [1.54, 1.807) is 24.3 Å². The van der Waals surface area contributed by atoms with Gasteiger partial charge in [-0.3, -0.25) is 4.79 Å². The van der Waals surface area contributed by atoms with Gasteiger partial charge in [0.05, 0.1) is 17.6 Å². The molecule has 5 nitrogen and oxygen atoms in total. The Morgan fingerprint density at radius 1 is 1.00 bits per heavy atom. The van der Waals surface area contributed by atoms with Gasteiger partial charge in [-0.25, -0.2) is 4.98 Å². The highest BCUT2D eigenvalue weighted by Crippen LogP contribution is 2.19. The minimum Gasteiger partial charge on any atom is -0.494 e. The summed E-state index contributed by atoms with van der Waals surface area (Å²) in [5, 5.41) is 3.54. The molecule has 1 N–H and O–H groups in total. The third-order valence-corrected chi connectivity index (χ3v) is 5.95. The van der Waals surface area contributed by atoms with Gasteiger partial charge in [-0.1, -0.05) is 41.9 Å². The lowest BCUT2D eigenvalue weighted by Gasteiger charge is -2.11. The van der Waals surface area contributed by atoms with Crippen LogP contribution >= 0.6 is 11.6 Å². The minimum absolute atomic E-state index is 0.107. The molecule has 6 heteroatoms. The smallest absolute Gasteiger partial charge is 0.251 e. The van der Waals surface area contributed by atoms with Crippen molar-refractivity contribution < 1.29 is 9.53 Å². The van der Waals surface area contributed by atoms with Crippen molar-refractivity contribution in [3.8, 4) is 5.75 Å². The second-order valence-corrected chi connectivity index (χ2v) is 8.85. The van der Waals surface area contributed by atoms with Crippen LogP contribution in [0.15, 0.2) is 72.8 Å². The van der Waals surface area contributed by atoms with Crippen LogP contribution in [0.5, 0.6) is 5.75 Å². The number of aromatic nitrogens is 2. The van der Waals surface area contributed by atoms with E-state index in [4.69, 9.17) is 21.3 Å². The van der Waals surface area contributed by atoms with E-state index in [0.29, 0.717) is 23.7 Å². The van der Waals surface area contributed by atoms with E-state index >= 15 is 0 Å². The predicted molar refractivity (Wildman–Crippen MR) is 138 cm³/mol. The van der Waals surface area contributed by atoms with Crippen LogP contribution in [0.25, 0.3) is 11.0 Å². The number of unbranched alkanes of at least 4 members (excludes halogenated alkanes) is 1. The molecule has 4 rings (SSSR count). The van der Waals surface area contributed by atoms with Gasteiger partial charge in [0.15, 0.2) is 0 Å². The van der Waals surface area contributed by atoms with Gasteiger partial charge in [-0.15, -0.1) is 0 Å². The molecular formula is C28H30ClN3O2. The molecule has 0 aliphatic rings. The number of fused-ring (bicyclic) bond motifs is 1. The van der Waals surface area contributed by atoms with Crippen molar-refractivity contribution in [2.24, 2.45) is 0 Å². The molecule has 1 heterocycles. The molecule has 3 aromatic carbocycles. The van der Waals surface area contributed by atoms with E-state index in [9.17, 15) is 4.79 Å². The number of carbonyl (C=O) groups is 1. The fourth-order valence-electron chi connectivity index (χ4n) is 4.01. The van der Waals surface area contributed by atoms with Crippen molar-refractivity contribution >= 4 is 28.5 Å². The number of nitrogens with one attached hydrogen (secondary N) is 1. The number of halogens is 1. The van der Waals surface area contributed by atoms with Gasteiger partial charge in [0.2, 0.25) is 0 Å². The number of nitrogens with zero attached hydrogens (tertiary/aromatic N) is 2. The average Bonchev–Trinajstić information content (AvgIpc) is 3.19. The van der Waals surface area contributed by atoms with Gasteiger partial charge < -0.3 is 14.6 Å². The number of amides is 1. The molecule has 0 saturated carbocycles. The lowest BCUT2D eigenvalue weighted by molar-refractivity contribution is 0.0953. The van der Waals surface area contributed by atoms with Crippen LogP contribution in [-0.2, 0) is 13.0 Å². The number of hydrogen-bond donors (Lipinski definition) is 1. The summed E-state index contributed by atoms with van der Waals surface area (Å²) in [6, 6.07) is 23.4. The molecule has 1 amide bonds. The molecule has 176 valence electrons. The molecule has 0 atom stereocenters. The Morgan fingerprint density at radius 3 is 2.71 bits per heavy atom. The normalized spacial score (nSPS) is 11.0. The zero-order chi connectivity index (χ0) is 23.8. The predicted octanol–water partition coefficient (Wildman–Crippen LogP) is 6.22.